The minimum absolute atomic E-state index is 0.0313. The number of nitrogens with zero attached hydrogens (tertiary/aromatic N) is 7. The second-order valence-electron chi connectivity index (χ2n) is 4.76. The first kappa shape index (κ1) is 12.4. The molecule has 4 rings (SSSR count). The zero-order chi connectivity index (χ0) is 15.3. The molecule has 4 aromatic rings. The second kappa shape index (κ2) is 4.32. The van der Waals surface area contributed by atoms with E-state index in [-0.39, 0.29) is 5.69 Å². The summed E-state index contributed by atoms with van der Waals surface area (Å²) >= 11 is 0. The molecule has 0 aliphatic heterocycles. The van der Waals surface area contributed by atoms with Crippen molar-refractivity contribution in [2.75, 3.05) is 0 Å². The van der Waals surface area contributed by atoms with Crippen LogP contribution in [0.15, 0.2) is 36.8 Å². The van der Waals surface area contributed by atoms with Crippen LogP contribution < -0.4 is 0 Å². The highest BCUT2D eigenvalue weighted by Crippen LogP contribution is 2.22. The molecule has 0 saturated carbocycles. The standard InChI is InChI=1S/C13H9N7O2/c1-18-12-10(6-15-18)13-16-11(17-19(13)7-14-12)8-2-4-9(5-3-8)20(21)22/h2-7H,1H3. The van der Waals surface area contributed by atoms with Crippen molar-refractivity contribution in [1.29, 1.82) is 0 Å². The van der Waals surface area contributed by atoms with E-state index >= 15 is 0 Å². The molecule has 22 heavy (non-hydrogen) atoms. The topological polar surface area (TPSA) is 104 Å². The van der Waals surface area contributed by atoms with Gasteiger partial charge in [-0.2, -0.15) is 5.10 Å². The van der Waals surface area contributed by atoms with Gasteiger partial charge in [-0.25, -0.2) is 14.5 Å². The Morgan fingerprint density at radius 3 is 2.68 bits per heavy atom. The molecule has 1 aromatic carbocycles. The normalized spacial score (nSPS) is 11.3. The second-order valence-corrected chi connectivity index (χ2v) is 4.76. The molecule has 108 valence electrons. The van der Waals surface area contributed by atoms with Crippen LogP contribution >= 0.6 is 0 Å². The molecule has 9 heteroatoms. The number of aromatic nitrogens is 6. The smallest absolute Gasteiger partial charge is 0.258 e. The number of aryl methyl sites for hydroxylation is 1. The third-order valence-electron chi connectivity index (χ3n) is 3.41. The van der Waals surface area contributed by atoms with E-state index in [1.165, 1.54) is 12.1 Å². The minimum atomic E-state index is -0.440. The lowest BCUT2D eigenvalue weighted by Crippen LogP contribution is -1.94. The highest BCUT2D eigenvalue weighted by molar-refractivity contribution is 5.88. The fourth-order valence-corrected chi connectivity index (χ4v) is 2.29. The Kier molecular flexibility index (Phi) is 2.43. The molecule has 0 radical (unpaired) electrons. The highest BCUT2D eigenvalue weighted by Gasteiger charge is 2.13. The van der Waals surface area contributed by atoms with E-state index in [0.29, 0.717) is 17.0 Å². The van der Waals surface area contributed by atoms with Gasteiger partial charge in [-0.15, -0.1) is 5.10 Å². The summed E-state index contributed by atoms with van der Waals surface area (Å²) in [6.45, 7) is 0. The van der Waals surface area contributed by atoms with E-state index in [9.17, 15) is 10.1 Å². The van der Waals surface area contributed by atoms with Crippen molar-refractivity contribution in [3.8, 4) is 11.4 Å². The van der Waals surface area contributed by atoms with Gasteiger partial charge in [-0.3, -0.25) is 14.8 Å². The summed E-state index contributed by atoms with van der Waals surface area (Å²) in [6, 6.07) is 6.11. The van der Waals surface area contributed by atoms with Crippen molar-refractivity contribution in [2.45, 2.75) is 0 Å². The van der Waals surface area contributed by atoms with Crippen molar-refractivity contribution in [3.05, 3.63) is 46.9 Å². The van der Waals surface area contributed by atoms with Crippen LogP contribution in [-0.4, -0.2) is 34.3 Å². The van der Waals surface area contributed by atoms with Crippen LogP contribution in [0.1, 0.15) is 0 Å². The first-order chi connectivity index (χ1) is 10.6. The van der Waals surface area contributed by atoms with Crippen LogP contribution in [-0.2, 0) is 7.05 Å². The summed E-state index contributed by atoms with van der Waals surface area (Å²) in [6.07, 6.45) is 3.26. The lowest BCUT2D eigenvalue weighted by molar-refractivity contribution is -0.384. The summed E-state index contributed by atoms with van der Waals surface area (Å²) in [4.78, 5) is 19.0. The van der Waals surface area contributed by atoms with Gasteiger partial charge < -0.3 is 0 Å². The van der Waals surface area contributed by atoms with E-state index in [0.717, 1.165) is 11.0 Å². The van der Waals surface area contributed by atoms with E-state index in [2.05, 4.69) is 20.2 Å². The van der Waals surface area contributed by atoms with Gasteiger partial charge in [0.25, 0.3) is 5.69 Å². The Labute approximate surface area is 123 Å². The fourth-order valence-electron chi connectivity index (χ4n) is 2.29. The van der Waals surface area contributed by atoms with Crippen molar-refractivity contribution in [1.82, 2.24) is 29.4 Å². The average Bonchev–Trinajstić information content (AvgIpc) is 3.11. The molecule has 0 saturated heterocycles. The largest absolute Gasteiger partial charge is 0.269 e. The number of rotatable bonds is 2. The summed E-state index contributed by atoms with van der Waals surface area (Å²) in [5, 5.41) is 20.0. The lowest BCUT2D eigenvalue weighted by Gasteiger charge is -1.94. The molecule has 3 heterocycles. The molecule has 0 aliphatic rings. The quantitative estimate of drug-likeness (QED) is 0.411. The van der Waals surface area contributed by atoms with Crippen LogP contribution in [0.2, 0.25) is 0 Å². The van der Waals surface area contributed by atoms with Crippen molar-refractivity contribution < 1.29 is 4.92 Å². The van der Waals surface area contributed by atoms with Crippen LogP contribution in [0.3, 0.4) is 0 Å². The zero-order valence-corrected chi connectivity index (χ0v) is 11.4. The third-order valence-corrected chi connectivity index (χ3v) is 3.41. The molecule has 0 fully saturated rings. The summed E-state index contributed by atoms with van der Waals surface area (Å²) < 4.78 is 3.23. The van der Waals surface area contributed by atoms with Crippen molar-refractivity contribution in [3.63, 3.8) is 0 Å². The molecule has 0 unspecified atom stereocenters. The molecule has 0 bridgehead atoms. The van der Waals surface area contributed by atoms with Crippen LogP contribution in [0.5, 0.6) is 0 Å². The molecular weight excluding hydrogens is 286 g/mol. The van der Waals surface area contributed by atoms with Gasteiger partial charge in [0.1, 0.15) is 6.33 Å². The minimum Gasteiger partial charge on any atom is -0.258 e. The summed E-state index contributed by atoms with van der Waals surface area (Å²) in [5.74, 6) is 0.480. The average molecular weight is 295 g/mol. The Morgan fingerprint density at radius 1 is 1.18 bits per heavy atom. The number of non-ortho nitro benzene ring substituents is 1. The Balaban J connectivity index is 1.88. The van der Waals surface area contributed by atoms with Gasteiger partial charge in [0.2, 0.25) is 0 Å². The Morgan fingerprint density at radius 2 is 1.95 bits per heavy atom. The van der Waals surface area contributed by atoms with E-state index < -0.39 is 4.92 Å². The SMILES string of the molecule is Cn1ncc2c1ncn1nc(-c3ccc([N+](=O)[O-])cc3)nc21. The van der Waals surface area contributed by atoms with Crippen LogP contribution in [0.25, 0.3) is 28.1 Å². The number of fused-ring (bicyclic) bond motifs is 3. The molecule has 0 spiro atoms. The van der Waals surface area contributed by atoms with Gasteiger partial charge >= 0.3 is 0 Å². The maximum absolute atomic E-state index is 10.7. The Hall–Kier alpha value is -3.36. The van der Waals surface area contributed by atoms with Gasteiger partial charge in [0, 0.05) is 24.7 Å². The molecular formula is C13H9N7O2. The first-order valence-electron chi connectivity index (χ1n) is 6.41. The number of benzene rings is 1. The van der Waals surface area contributed by atoms with Crippen molar-refractivity contribution in [2.24, 2.45) is 7.05 Å². The van der Waals surface area contributed by atoms with Crippen LogP contribution in [0, 0.1) is 10.1 Å². The summed E-state index contributed by atoms with van der Waals surface area (Å²) in [7, 11) is 1.81. The monoisotopic (exact) mass is 295 g/mol. The summed E-state index contributed by atoms with van der Waals surface area (Å²) in [5.41, 5.74) is 2.09. The maximum Gasteiger partial charge on any atom is 0.269 e. The highest BCUT2D eigenvalue weighted by atomic mass is 16.6. The molecule has 0 aliphatic carbocycles. The van der Waals surface area contributed by atoms with E-state index in [4.69, 9.17) is 0 Å². The molecule has 3 aromatic heterocycles. The van der Waals surface area contributed by atoms with Crippen LogP contribution in [0.4, 0.5) is 5.69 Å². The molecule has 0 atom stereocenters. The molecule has 0 amide bonds. The predicted molar refractivity (Wildman–Crippen MR) is 77.1 cm³/mol. The van der Waals surface area contributed by atoms with Gasteiger partial charge in [0.05, 0.1) is 16.5 Å². The fraction of sp³-hybridized carbons (Fsp3) is 0.0769. The Bertz CT molecular complexity index is 1020. The van der Waals surface area contributed by atoms with Gasteiger partial charge in [0.15, 0.2) is 17.1 Å². The third kappa shape index (κ3) is 1.72. The van der Waals surface area contributed by atoms with Gasteiger partial charge in [-0.05, 0) is 12.1 Å². The zero-order valence-electron chi connectivity index (χ0n) is 11.4. The number of hydrogen-bond donors (Lipinski definition) is 0. The maximum atomic E-state index is 10.7. The predicted octanol–water partition coefficient (Wildman–Crippen LogP) is 1.59. The number of nitro groups is 1. The van der Waals surface area contributed by atoms with Gasteiger partial charge in [-0.1, -0.05) is 0 Å². The van der Waals surface area contributed by atoms with E-state index in [1.54, 1.807) is 40.9 Å². The molecule has 0 N–H and O–H groups in total. The van der Waals surface area contributed by atoms with E-state index in [1.807, 2.05) is 0 Å². The first-order valence-corrected chi connectivity index (χ1v) is 6.41. The molecule has 9 nitrogen and oxygen atoms in total. The lowest BCUT2D eigenvalue weighted by atomic mass is 10.2. The number of hydrogen-bond acceptors (Lipinski definition) is 6. The van der Waals surface area contributed by atoms with Crippen molar-refractivity contribution >= 4 is 22.4 Å². The number of nitro benzene ring substituents is 1.